The van der Waals surface area contributed by atoms with Gasteiger partial charge in [0.15, 0.2) is 12.4 Å². The number of fused-ring (bicyclic) bond motifs is 1. The number of carbonyl (C=O) groups is 2. The molecule has 1 unspecified atom stereocenters. The van der Waals surface area contributed by atoms with Gasteiger partial charge in [-0.05, 0) is 52.5 Å². The summed E-state index contributed by atoms with van der Waals surface area (Å²) < 4.78 is 22.5. The van der Waals surface area contributed by atoms with Crippen LogP contribution in [0.3, 0.4) is 0 Å². The van der Waals surface area contributed by atoms with E-state index >= 15 is 0 Å². The van der Waals surface area contributed by atoms with E-state index in [1.807, 2.05) is 0 Å². The minimum atomic E-state index is -0.599. The molecule has 168 valence electrons. The fraction of sp³-hybridized carbons (Fsp3) is 0.300. The number of aryl methyl sites for hydroxylation is 1. The summed E-state index contributed by atoms with van der Waals surface area (Å²) in [6, 6.07) is 3.66. The smallest absolute Gasteiger partial charge is 0.408 e. The first kappa shape index (κ1) is 22.3. The van der Waals surface area contributed by atoms with Crippen LogP contribution in [-0.4, -0.2) is 31.3 Å². The monoisotopic (exact) mass is 524 g/mol. The molecule has 3 aromatic rings. The predicted octanol–water partition coefficient (Wildman–Crippen LogP) is 3.87. The molecule has 12 heteroatoms. The van der Waals surface area contributed by atoms with Crippen LogP contribution in [0.15, 0.2) is 29.1 Å². The second kappa shape index (κ2) is 8.91. The van der Waals surface area contributed by atoms with Crippen LogP contribution in [0.1, 0.15) is 39.9 Å². The molecule has 1 aliphatic carbocycles. The number of aromatic nitrogens is 4. The zero-order chi connectivity index (χ0) is 23.0. The van der Waals surface area contributed by atoms with Crippen LogP contribution in [-0.2, 0) is 31.9 Å². The molecule has 0 fully saturated rings. The summed E-state index contributed by atoms with van der Waals surface area (Å²) in [5.41, 5.74) is 2.47. The van der Waals surface area contributed by atoms with Crippen molar-refractivity contribution >= 4 is 45.2 Å². The van der Waals surface area contributed by atoms with Gasteiger partial charge in [0.25, 0.3) is 5.91 Å². The van der Waals surface area contributed by atoms with E-state index in [4.69, 9.17) is 16.3 Å². The predicted molar refractivity (Wildman–Crippen MR) is 118 cm³/mol. The first-order valence-corrected chi connectivity index (χ1v) is 10.8. The number of nitrogens with one attached hydrogen (secondary N) is 2. The largest absolute Gasteiger partial charge is 0.441 e. The zero-order valence-corrected chi connectivity index (χ0v) is 19.5. The Morgan fingerprint density at radius 1 is 1.38 bits per heavy atom. The van der Waals surface area contributed by atoms with Gasteiger partial charge in [0.05, 0.1) is 15.7 Å². The molecule has 0 aliphatic heterocycles. The van der Waals surface area contributed by atoms with Gasteiger partial charge in [-0.2, -0.15) is 5.10 Å². The maximum absolute atomic E-state index is 13.4. The van der Waals surface area contributed by atoms with E-state index in [9.17, 15) is 14.0 Å². The molecule has 1 aromatic carbocycles. The average molecular weight is 526 g/mol. The van der Waals surface area contributed by atoms with Gasteiger partial charge in [0.1, 0.15) is 17.8 Å². The first-order valence-electron chi connectivity index (χ1n) is 9.65. The highest BCUT2D eigenvalue weighted by atomic mass is 79.9. The Morgan fingerprint density at radius 2 is 2.16 bits per heavy atom. The molecule has 2 amide bonds. The Kier molecular flexibility index (Phi) is 6.20. The Labute approximate surface area is 196 Å². The second-order valence-electron chi connectivity index (χ2n) is 7.32. The maximum Gasteiger partial charge on any atom is 0.408 e. The van der Waals surface area contributed by atoms with Crippen molar-refractivity contribution < 1.29 is 18.7 Å². The van der Waals surface area contributed by atoms with Gasteiger partial charge < -0.3 is 19.9 Å². The number of anilines is 1. The molecule has 2 heterocycles. The third kappa shape index (κ3) is 4.35. The van der Waals surface area contributed by atoms with E-state index < -0.39 is 11.9 Å². The quantitative estimate of drug-likeness (QED) is 0.526. The van der Waals surface area contributed by atoms with Crippen molar-refractivity contribution in [3.05, 3.63) is 62.6 Å². The number of benzene rings is 1. The third-order valence-electron chi connectivity index (χ3n) is 5.16. The van der Waals surface area contributed by atoms with Crippen molar-refractivity contribution in [3.63, 3.8) is 0 Å². The van der Waals surface area contributed by atoms with Crippen LogP contribution >= 0.6 is 27.5 Å². The van der Waals surface area contributed by atoms with Crippen molar-refractivity contribution in [2.45, 2.75) is 25.5 Å². The molecule has 9 nitrogen and oxygen atoms in total. The molecule has 0 saturated carbocycles. The highest BCUT2D eigenvalue weighted by Gasteiger charge is 2.34. The summed E-state index contributed by atoms with van der Waals surface area (Å²) >= 11 is 9.34. The van der Waals surface area contributed by atoms with Gasteiger partial charge >= 0.3 is 6.09 Å². The van der Waals surface area contributed by atoms with Crippen molar-refractivity contribution in [2.75, 3.05) is 5.32 Å². The van der Waals surface area contributed by atoms with E-state index in [0.717, 1.165) is 11.1 Å². The van der Waals surface area contributed by atoms with Crippen LogP contribution in [0, 0.1) is 5.82 Å². The Morgan fingerprint density at radius 3 is 2.84 bits per heavy atom. The molecular weight excluding hydrogens is 507 g/mol. The van der Waals surface area contributed by atoms with Gasteiger partial charge in [-0.25, -0.2) is 14.2 Å². The van der Waals surface area contributed by atoms with Crippen LogP contribution < -0.4 is 10.6 Å². The normalized spacial score (nSPS) is 14.8. The van der Waals surface area contributed by atoms with Gasteiger partial charge in [-0.15, -0.1) is 0 Å². The molecular formula is C20H19BrClFN6O3. The summed E-state index contributed by atoms with van der Waals surface area (Å²) in [4.78, 5) is 29.3. The van der Waals surface area contributed by atoms with Crippen molar-refractivity contribution in [1.82, 2.24) is 24.6 Å². The molecule has 1 atom stereocenters. The van der Waals surface area contributed by atoms with Crippen molar-refractivity contribution in [2.24, 2.45) is 14.1 Å². The minimum absolute atomic E-state index is 0.0455. The lowest BCUT2D eigenvalue weighted by Gasteiger charge is -2.14. The van der Waals surface area contributed by atoms with E-state index in [1.54, 1.807) is 18.7 Å². The van der Waals surface area contributed by atoms with Crippen LogP contribution in [0.25, 0.3) is 0 Å². The van der Waals surface area contributed by atoms with E-state index in [1.165, 1.54) is 29.2 Å². The average Bonchev–Trinajstić information content (AvgIpc) is 3.41. The molecule has 2 N–H and O–H groups in total. The standard InChI is InChI=1S/C20H19BrClFN6O3/c1-28-9-24-15(27-28)8-32-20(31)26-14-6-4-11-16(14)18(21)29(2)17(11)19(30)25-10-3-5-13(23)12(22)7-10/h3,5,7,9,14H,4,6,8H2,1-2H3,(H,25,30)(H,26,31). The van der Waals surface area contributed by atoms with Crippen LogP contribution in [0.5, 0.6) is 0 Å². The molecule has 0 spiro atoms. The fourth-order valence-electron chi connectivity index (χ4n) is 3.74. The lowest BCUT2D eigenvalue weighted by Crippen LogP contribution is -2.28. The minimum Gasteiger partial charge on any atom is -0.441 e. The summed E-state index contributed by atoms with van der Waals surface area (Å²) in [6.07, 6.45) is 2.13. The third-order valence-corrected chi connectivity index (χ3v) is 6.41. The number of nitrogens with zero attached hydrogens (tertiary/aromatic N) is 4. The van der Waals surface area contributed by atoms with Crippen LogP contribution in [0.4, 0.5) is 14.9 Å². The number of alkyl carbamates (subject to hydrolysis) is 1. The van der Waals surface area contributed by atoms with Gasteiger partial charge in [0.2, 0.25) is 0 Å². The highest BCUT2D eigenvalue weighted by Crippen LogP contribution is 2.40. The number of halogens is 3. The van der Waals surface area contributed by atoms with Gasteiger partial charge in [0, 0.05) is 25.3 Å². The number of ether oxygens (including phenoxy) is 1. The van der Waals surface area contributed by atoms with E-state index in [-0.39, 0.29) is 23.6 Å². The van der Waals surface area contributed by atoms with Gasteiger partial charge in [-0.1, -0.05) is 11.6 Å². The second-order valence-corrected chi connectivity index (χ2v) is 8.48. The molecule has 2 aromatic heterocycles. The lowest BCUT2D eigenvalue weighted by atomic mass is 10.1. The number of hydrogen-bond donors (Lipinski definition) is 2. The molecule has 0 saturated heterocycles. The lowest BCUT2D eigenvalue weighted by molar-refractivity contribution is 0.101. The number of rotatable bonds is 5. The van der Waals surface area contributed by atoms with Crippen molar-refractivity contribution in [3.8, 4) is 0 Å². The van der Waals surface area contributed by atoms with Crippen molar-refractivity contribution in [1.29, 1.82) is 0 Å². The Hall–Kier alpha value is -2.92. The van der Waals surface area contributed by atoms with Gasteiger partial charge in [-0.3, -0.25) is 9.48 Å². The summed E-state index contributed by atoms with van der Waals surface area (Å²) in [6.45, 7) is -0.0455. The van der Waals surface area contributed by atoms with E-state index in [2.05, 4.69) is 36.6 Å². The van der Waals surface area contributed by atoms with E-state index in [0.29, 0.717) is 34.7 Å². The molecule has 0 radical (unpaired) electrons. The van der Waals surface area contributed by atoms with Crippen LogP contribution in [0.2, 0.25) is 5.02 Å². The first-order chi connectivity index (χ1) is 15.2. The number of hydrogen-bond acceptors (Lipinski definition) is 5. The Balaban J connectivity index is 1.48. The Bertz CT molecular complexity index is 1210. The number of carbonyl (C=O) groups excluding carboxylic acids is 2. The topological polar surface area (TPSA) is 103 Å². The summed E-state index contributed by atoms with van der Waals surface area (Å²) in [5.74, 6) is -0.524. The molecule has 0 bridgehead atoms. The molecule has 32 heavy (non-hydrogen) atoms. The SMILES string of the molecule is Cn1cnc(COC(=O)NC2CCc3c2c(Br)n(C)c3C(=O)Nc2ccc(F)c(Cl)c2)n1. The maximum atomic E-state index is 13.4. The zero-order valence-electron chi connectivity index (χ0n) is 17.2. The molecule has 1 aliphatic rings. The summed E-state index contributed by atoms with van der Waals surface area (Å²) in [5, 5.41) is 9.57. The molecule has 4 rings (SSSR count). The fourth-order valence-corrected chi connectivity index (χ4v) is 4.61. The highest BCUT2D eigenvalue weighted by molar-refractivity contribution is 9.10. The number of amides is 2. The summed E-state index contributed by atoms with van der Waals surface area (Å²) in [7, 11) is 3.47.